The van der Waals surface area contributed by atoms with Gasteiger partial charge in [0.25, 0.3) is 5.24 Å². The quantitative estimate of drug-likeness (QED) is 0.0411. The third-order valence-corrected chi connectivity index (χ3v) is 11.1. The van der Waals surface area contributed by atoms with E-state index in [9.17, 15) is 14.2 Å². The Kier molecular flexibility index (Phi) is 21.0. The van der Waals surface area contributed by atoms with E-state index in [2.05, 4.69) is 94.9 Å². The number of hydrogen-bond donors (Lipinski definition) is 5. The molecule has 2 fully saturated rings. The molecule has 66 heavy (non-hydrogen) atoms. The highest BCUT2D eigenvalue weighted by atomic mass is 36.0. The van der Waals surface area contributed by atoms with Crippen molar-refractivity contribution in [3.05, 3.63) is 89.9 Å². The summed E-state index contributed by atoms with van der Waals surface area (Å²) in [6.45, 7) is 1.58. The molecule has 0 aromatic carbocycles. The van der Waals surface area contributed by atoms with Crippen molar-refractivity contribution in [2.45, 2.75) is 78.3 Å². The molecule has 0 radical (unpaired) electrons. The molecule has 2 aliphatic rings. The molecule has 5 N–H and O–H groups in total. The van der Waals surface area contributed by atoms with Crippen molar-refractivity contribution in [3.8, 4) is 5.88 Å². The van der Waals surface area contributed by atoms with Crippen molar-refractivity contribution in [1.29, 1.82) is 0 Å². The Bertz CT molecular complexity index is 2540. The van der Waals surface area contributed by atoms with Crippen molar-refractivity contribution in [2.24, 2.45) is 11.8 Å². The molecule has 0 aliphatic heterocycles. The van der Waals surface area contributed by atoms with E-state index in [0.717, 1.165) is 97.9 Å². The summed E-state index contributed by atoms with van der Waals surface area (Å²) >= 11 is 25.4. The van der Waals surface area contributed by atoms with E-state index >= 15 is 0 Å². The average molecular weight is 1030 g/mol. The van der Waals surface area contributed by atoms with Gasteiger partial charge in [-0.15, -0.1) is 0 Å². The smallest absolute Gasteiger partial charge is 0.339 e. The van der Waals surface area contributed by atoms with Crippen LogP contribution in [-0.2, 0) is 4.57 Å². The van der Waals surface area contributed by atoms with Crippen molar-refractivity contribution < 1.29 is 24.0 Å². The van der Waals surface area contributed by atoms with Gasteiger partial charge in [-0.2, -0.15) is 0 Å². The van der Waals surface area contributed by atoms with Gasteiger partial charge in [-0.1, -0.05) is 26.5 Å². The van der Waals surface area contributed by atoms with Gasteiger partial charge in [0.15, 0.2) is 5.15 Å². The number of nitrogens with one attached hydrogen (secondary N) is 4. The Balaban J connectivity index is 0.000000255. The SMILES string of the molecule is C.C.COc1nccc2ccc(NC3CCC(CNc4ncc(C(=O)O)cn4)CC3)nc12.O=C(Cl)c1cnc(NCC2CCC(Nc3ccc4ccnc(Cl)c4n3)CC2)nc1.O=P(Cl)(Cl)Cl. The van der Waals surface area contributed by atoms with E-state index in [-0.39, 0.29) is 20.4 Å². The highest BCUT2D eigenvalue weighted by Crippen LogP contribution is 2.61. The van der Waals surface area contributed by atoms with Crippen LogP contribution >= 0.6 is 62.1 Å². The molecule has 8 rings (SSSR count). The molecule has 2 saturated carbocycles. The minimum Gasteiger partial charge on any atom is -0.479 e. The fourth-order valence-corrected chi connectivity index (χ4v) is 7.61. The number of aromatic nitrogens is 8. The lowest BCUT2D eigenvalue weighted by molar-refractivity contribution is 0.0695. The van der Waals surface area contributed by atoms with Crippen LogP contribution in [0.5, 0.6) is 5.88 Å². The summed E-state index contributed by atoms with van der Waals surface area (Å²) in [5, 5.41) is 21.0. The Hall–Kier alpha value is -4.90. The molecule has 2 aliphatic carbocycles. The lowest BCUT2D eigenvalue weighted by atomic mass is 9.86. The first-order valence-corrected chi connectivity index (χ1v) is 25.4. The molecule has 0 atom stereocenters. The van der Waals surface area contributed by atoms with Gasteiger partial charge in [-0.05, 0) is 145 Å². The zero-order valence-corrected chi connectivity index (χ0v) is 39.0. The monoisotopic (exact) mass is 1020 g/mol. The Morgan fingerprint density at radius 2 is 1.09 bits per heavy atom. The average Bonchev–Trinajstić information content (AvgIpc) is 3.28. The van der Waals surface area contributed by atoms with Crippen LogP contribution in [0.25, 0.3) is 21.8 Å². The Labute approximate surface area is 407 Å². The molecule has 354 valence electrons. The molecule has 0 spiro atoms. The van der Waals surface area contributed by atoms with E-state index in [1.807, 2.05) is 36.4 Å². The van der Waals surface area contributed by atoms with E-state index < -0.39 is 16.4 Å². The number of hydrogen-bond acceptors (Lipinski definition) is 16. The number of methoxy groups -OCH3 is 1. The molecule has 6 aromatic heterocycles. The maximum atomic E-state index is 11.0. The molecular weight excluding hydrogens is 973 g/mol. The fourth-order valence-electron chi connectivity index (χ4n) is 7.31. The molecule has 23 heteroatoms. The highest BCUT2D eigenvalue weighted by molar-refractivity contribution is 8.24. The number of carbonyl (C=O) groups is 2. The molecular formula is C43H52Cl5N12O5P. The molecule has 6 aromatic rings. The Morgan fingerprint density at radius 3 is 1.53 bits per heavy atom. The zero-order chi connectivity index (χ0) is 45.6. The van der Waals surface area contributed by atoms with Crippen molar-refractivity contribution in [3.63, 3.8) is 0 Å². The lowest BCUT2D eigenvalue weighted by Crippen LogP contribution is -2.29. The summed E-state index contributed by atoms with van der Waals surface area (Å²) in [4.78, 5) is 55.9. The van der Waals surface area contributed by atoms with E-state index in [4.69, 9.17) is 33.0 Å². The van der Waals surface area contributed by atoms with Gasteiger partial charge in [-0.25, -0.2) is 44.7 Å². The van der Waals surface area contributed by atoms with Crippen LogP contribution in [-0.4, -0.2) is 88.5 Å². The molecule has 0 bridgehead atoms. The van der Waals surface area contributed by atoms with Gasteiger partial charge in [0, 0.05) is 73.1 Å². The van der Waals surface area contributed by atoms with Crippen molar-refractivity contribution >= 4 is 119 Å². The number of halogens is 5. The van der Waals surface area contributed by atoms with Crippen LogP contribution in [0.4, 0.5) is 23.5 Å². The summed E-state index contributed by atoms with van der Waals surface area (Å²) in [5.74, 6) is 3.22. The first-order valence-electron chi connectivity index (χ1n) is 20.2. The van der Waals surface area contributed by atoms with Crippen LogP contribution in [0.1, 0.15) is 86.9 Å². The van der Waals surface area contributed by atoms with Crippen LogP contribution in [0.2, 0.25) is 5.15 Å². The normalized spacial score (nSPS) is 17.8. The van der Waals surface area contributed by atoms with E-state index in [1.165, 1.54) is 24.8 Å². The van der Waals surface area contributed by atoms with Gasteiger partial charge in [0.1, 0.15) is 22.7 Å². The number of pyridine rings is 4. The summed E-state index contributed by atoms with van der Waals surface area (Å²) < 4.78 is 14.8. The first-order chi connectivity index (χ1) is 30.7. The molecule has 0 unspecified atom stereocenters. The number of carboxylic acids is 1. The predicted molar refractivity (Wildman–Crippen MR) is 266 cm³/mol. The van der Waals surface area contributed by atoms with E-state index in [0.29, 0.717) is 52.4 Å². The number of ether oxygens (including phenoxy) is 1. The second-order valence-corrected chi connectivity index (χ2v) is 22.4. The number of carbonyl (C=O) groups excluding carboxylic acids is 1. The van der Waals surface area contributed by atoms with Crippen molar-refractivity contribution in [1.82, 2.24) is 39.9 Å². The highest BCUT2D eigenvalue weighted by Gasteiger charge is 2.23. The summed E-state index contributed by atoms with van der Waals surface area (Å²) in [5.41, 5.74) is 1.86. The van der Waals surface area contributed by atoms with Crippen LogP contribution in [0, 0.1) is 11.8 Å². The van der Waals surface area contributed by atoms with Gasteiger partial charge >= 0.3 is 11.2 Å². The topological polar surface area (TPSA) is 232 Å². The minimum absolute atomic E-state index is 0. The van der Waals surface area contributed by atoms with Crippen molar-refractivity contribution in [2.75, 3.05) is 41.5 Å². The number of anilines is 4. The third-order valence-electron chi connectivity index (χ3n) is 10.6. The number of nitrogens with zero attached hydrogens (tertiary/aromatic N) is 8. The Morgan fingerprint density at radius 1 is 0.667 bits per heavy atom. The maximum absolute atomic E-state index is 11.0. The van der Waals surface area contributed by atoms with E-state index in [1.54, 1.807) is 19.5 Å². The number of fused-ring (bicyclic) bond motifs is 2. The number of aromatic carboxylic acids is 1. The first kappa shape index (κ1) is 53.7. The zero-order valence-electron chi connectivity index (χ0n) is 34.3. The second kappa shape index (κ2) is 25.9. The van der Waals surface area contributed by atoms with Crippen LogP contribution < -0.4 is 26.0 Å². The summed E-state index contributed by atoms with van der Waals surface area (Å²) in [7, 11) is 1.60. The summed E-state index contributed by atoms with van der Waals surface area (Å²) in [6.07, 6.45) is 17.5. The third kappa shape index (κ3) is 16.8. The largest absolute Gasteiger partial charge is 0.479 e. The number of carboxylic acid groups (broad SMARTS) is 1. The van der Waals surface area contributed by atoms with Gasteiger partial charge in [0.2, 0.25) is 17.8 Å². The standard InChI is InChI=1S/C21H24N6O3.C20H20Cl2N6O.2CH4.Cl3OP/c1-30-19-18-14(8-9-22-19)4-7-17(27-18)26-16-5-2-13(3-6-16)10-23-21-24-11-15(12-25-21)20(28)29;21-18-17-13(7-8-23-18)3-6-16(28-17)27-15-4-1-12(2-5-15)9-24-20-25-10-14(11-26-20)19(22)29;;;1-5(2,3)4/h4,7-9,11-13,16H,2-3,5-6,10H2,1H3,(H,26,27)(H,28,29)(H,23,24,25);3,6-8,10-12,15H,1-2,4-5,9H2,(H,27,28)(H,24,25,26);2*1H4;. The maximum Gasteiger partial charge on any atom is 0.339 e. The second-order valence-electron chi connectivity index (χ2n) is 15.0. The van der Waals surface area contributed by atoms with Crippen LogP contribution in [0.15, 0.2) is 73.6 Å². The summed E-state index contributed by atoms with van der Waals surface area (Å²) in [6, 6.07) is 12.6. The van der Waals surface area contributed by atoms with Crippen LogP contribution in [0.3, 0.4) is 0 Å². The van der Waals surface area contributed by atoms with Gasteiger partial charge < -0.3 is 31.1 Å². The van der Waals surface area contributed by atoms with Gasteiger partial charge in [0.05, 0.1) is 18.2 Å². The molecule has 6 heterocycles. The predicted octanol–water partition coefficient (Wildman–Crippen LogP) is 11.8. The molecule has 0 amide bonds. The van der Waals surface area contributed by atoms with Gasteiger partial charge in [-0.3, -0.25) is 9.36 Å². The minimum atomic E-state index is -3.22. The number of rotatable bonds is 13. The molecule has 0 saturated heterocycles. The fraction of sp³-hybridized carbons (Fsp3) is 0.395. The molecule has 17 nitrogen and oxygen atoms in total. The lowest BCUT2D eigenvalue weighted by Gasteiger charge is -2.29.